The van der Waals surface area contributed by atoms with Crippen LogP contribution in [0, 0.1) is 0 Å². The summed E-state index contributed by atoms with van der Waals surface area (Å²) >= 11 is 5.87. The molecule has 2 rings (SSSR count). The summed E-state index contributed by atoms with van der Waals surface area (Å²) in [5, 5.41) is -0.125. The number of rotatable bonds is 5. The molecule has 0 saturated heterocycles. The third-order valence-electron chi connectivity index (χ3n) is 3.05. The molecule has 0 atom stereocenters. The molecule has 0 amide bonds. The SMILES string of the molecule is COC(OC)c1cccc(Oc2ccc(C(F)(F)F)cc2Cl)c1. The van der Waals surface area contributed by atoms with E-state index in [-0.39, 0.29) is 10.8 Å². The molecule has 0 aliphatic heterocycles. The summed E-state index contributed by atoms with van der Waals surface area (Å²) in [6.07, 6.45) is -5.02. The van der Waals surface area contributed by atoms with Gasteiger partial charge in [0, 0.05) is 19.8 Å². The van der Waals surface area contributed by atoms with Crippen LogP contribution >= 0.6 is 11.6 Å². The lowest BCUT2D eigenvalue weighted by Crippen LogP contribution is -2.05. The number of hydrogen-bond acceptors (Lipinski definition) is 3. The van der Waals surface area contributed by atoms with Crippen LogP contribution in [0.4, 0.5) is 13.2 Å². The van der Waals surface area contributed by atoms with Gasteiger partial charge in [-0.2, -0.15) is 13.2 Å². The molecular formula is C16H14ClF3O3. The van der Waals surface area contributed by atoms with Crippen LogP contribution in [0.3, 0.4) is 0 Å². The normalized spacial score (nSPS) is 11.8. The van der Waals surface area contributed by atoms with E-state index >= 15 is 0 Å². The molecule has 124 valence electrons. The lowest BCUT2D eigenvalue weighted by atomic mass is 10.2. The van der Waals surface area contributed by atoms with Gasteiger partial charge >= 0.3 is 6.18 Å². The highest BCUT2D eigenvalue weighted by atomic mass is 35.5. The van der Waals surface area contributed by atoms with E-state index in [9.17, 15) is 13.2 Å². The van der Waals surface area contributed by atoms with Crippen molar-refractivity contribution < 1.29 is 27.4 Å². The van der Waals surface area contributed by atoms with Gasteiger partial charge in [-0.1, -0.05) is 23.7 Å². The maximum atomic E-state index is 12.6. The van der Waals surface area contributed by atoms with Crippen LogP contribution in [0.15, 0.2) is 42.5 Å². The summed E-state index contributed by atoms with van der Waals surface area (Å²) in [4.78, 5) is 0. The third kappa shape index (κ3) is 4.37. The van der Waals surface area contributed by atoms with Gasteiger partial charge in [0.1, 0.15) is 11.5 Å². The zero-order chi connectivity index (χ0) is 17.0. The fraction of sp³-hybridized carbons (Fsp3) is 0.250. The lowest BCUT2D eigenvalue weighted by molar-refractivity contribution is -0.137. The molecule has 0 fully saturated rings. The molecule has 2 aromatic carbocycles. The van der Waals surface area contributed by atoms with Crippen molar-refractivity contribution in [2.75, 3.05) is 14.2 Å². The monoisotopic (exact) mass is 346 g/mol. The molecular weight excluding hydrogens is 333 g/mol. The molecule has 0 radical (unpaired) electrons. The topological polar surface area (TPSA) is 27.7 Å². The van der Waals surface area contributed by atoms with Gasteiger partial charge in [-0.05, 0) is 30.3 Å². The van der Waals surface area contributed by atoms with Crippen LogP contribution in [0.1, 0.15) is 17.4 Å². The van der Waals surface area contributed by atoms with Gasteiger partial charge in [0.05, 0.1) is 10.6 Å². The molecule has 0 heterocycles. The molecule has 0 aromatic heterocycles. The number of benzene rings is 2. The molecule has 0 aliphatic rings. The first-order valence-corrected chi connectivity index (χ1v) is 6.93. The van der Waals surface area contributed by atoms with Gasteiger partial charge in [0.15, 0.2) is 6.29 Å². The summed E-state index contributed by atoms with van der Waals surface area (Å²) in [5.41, 5.74) is -0.127. The minimum absolute atomic E-state index is 0.125. The van der Waals surface area contributed by atoms with Crippen LogP contribution in [-0.4, -0.2) is 14.2 Å². The highest BCUT2D eigenvalue weighted by molar-refractivity contribution is 6.32. The van der Waals surface area contributed by atoms with Gasteiger partial charge < -0.3 is 14.2 Å². The maximum absolute atomic E-state index is 12.6. The quantitative estimate of drug-likeness (QED) is 0.674. The van der Waals surface area contributed by atoms with E-state index in [1.165, 1.54) is 20.3 Å². The Morgan fingerprint density at radius 1 is 1.00 bits per heavy atom. The number of hydrogen-bond donors (Lipinski definition) is 0. The van der Waals surface area contributed by atoms with E-state index in [1.54, 1.807) is 24.3 Å². The Kier molecular flexibility index (Phi) is 5.51. The Hall–Kier alpha value is -1.76. The van der Waals surface area contributed by atoms with E-state index in [0.29, 0.717) is 11.3 Å². The lowest BCUT2D eigenvalue weighted by Gasteiger charge is -2.15. The zero-order valence-electron chi connectivity index (χ0n) is 12.4. The Morgan fingerprint density at radius 3 is 2.26 bits per heavy atom. The van der Waals surface area contributed by atoms with Gasteiger partial charge in [-0.3, -0.25) is 0 Å². The highest BCUT2D eigenvalue weighted by Crippen LogP contribution is 2.36. The molecule has 0 unspecified atom stereocenters. The van der Waals surface area contributed by atoms with Crippen LogP contribution in [0.5, 0.6) is 11.5 Å². The molecule has 0 spiro atoms. The van der Waals surface area contributed by atoms with Crippen LogP contribution < -0.4 is 4.74 Å². The number of alkyl halides is 3. The smallest absolute Gasteiger partial charge is 0.416 e. The van der Waals surface area contributed by atoms with Gasteiger partial charge in [0.2, 0.25) is 0 Å². The summed E-state index contributed by atoms with van der Waals surface area (Å²) in [7, 11) is 2.99. The Morgan fingerprint density at radius 2 is 1.70 bits per heavy atom. The van der Waals surface area contributed by atoms with Crippen LogP contribution in [0.25, 0.3) is 0 Å². The maximum Gasteiger partial charge on any atom is 0.416 e. The number of methoxy groups -OCH3 is 2. The summed E-state index contributed by atoms with van der Waals surface area (Å²) in [6.45, 7) is 0. The van der Waals surface area contributed by atoms with E-state index in [1.807, 2.05) is 0 Å². The molecule has 3 nitrogen and oxygen atoms in total. The standard InChI is InChI=1S/C16H14ClF3O3/c1-21-15(22-2)10-4-3-5-12(8-10)23-14-7-6-11(9-13(14)17)16(18,19)20/h3-9,15H,1-2H3. The Balaban J connectivity index is 2.24. The Bertz CT molecular complexity index is 670. The van der Waals surface area contributed by atoms with E-state index < -0.39 is 18.0 Å². The van der Waals surface area contributed by atoms with Gasteiger partial charge in [-0.15, -0.1) is 0 Å². The first-order chi connectivity index (χ1) is 10.8. The number of halogens is 4. The Labute approximate surface area is 136 Å². The average molecular weight is 347 g/mol. The van der Waals surface area contributed by atoms with Crippen molar-refractivity contribution in [2.45, 2.75) is 12.5 Å². The van der Waals surface area contributed by atoms with Crippen LogP contribution in [0.2, 0.25) is 5.02 Å². The van der Waals surface area contributed by atoms with Crippen LogP contribution in [-0.2, 0) is 15.7 Å². The van der Waals surface area contributed by atoms with Gasteiger partial charge in [-0.25, -0.2) is 0 Å². The van der Waals surface area contributed by atoms with E-state index in [4.69, 9.17) is 25.8 Å². The van der Waals surface area contributed by atoms with Crippen molar-refractivity contribution in [1.82, 2.24) is 0 Å². The second-order valence-electron chi connectivity index (χ2n) is 4.62. The van der Waals surface area contributed by atoms with Crippen molar-refractivity contribution in [1.29, 1.82) is 0 Å². The summed E-state index contributed by atoms with van der Waals surface area (Å²) < 4.78 is 53.7. The highest BCUT2D eigenvalue weighted by Gasteiger charge is 2.31. The molecule has 0 saturated carbocycles. The second kappa shape index (κ2) is 7.21. The van der Waals surface area contributed by atoms with Crippen molar-refractivity contribution in [3.8, 4) is 11.5 Å². The predicted molar refractivity (Wildman–Crippen MR) is 79.7 cm³/mol. The molecule has 0 aliphatic carbocycles. The van der Waals surface area contributed by atoms with E-state index in [2.05, 4.69) is 0 Å². The fourth-order valence-electron chi connectivity index (χ4n) is 1.98. The molecule has 0 N–H and O–H groups in total. The van der Waals surface area contributed by atoms with Gasteiger partial charge in [0.25, 0.3) is 0 Å². The van der Waals surface area contributed by atoms with Crippen molar-refractivity contribution in [3.63, 3.8) is 0 Å². The molecule has 23 heavy (non-hydrogen) atoms. The van der Waals surface area contributed by atoms with Crippen molar-refractivity contribution in [3.05, 3.63) is 58.6 Å². The van der Waals surface area contributed by atoms with E-state index in [0.717, 1.165) is 12.1 Å². The number of ether oxygens (including phenoxy) is 3. The second-order valence-corrected chi connectivity index (χ2v) is 5.03. The molecule has 7 heteroatoms. The molecule has 2 aromatic rings. The first-order valence-electron chi connectivity index (χ1n) is 6.55. The summed E-state index contributed by atoms with van der Waals surface area (Å²) in [6, 6.07) is 9.73. The fourth-order valence-corrected chi connectivity index (χ4v) is 2.20. The average Bonchev–Trinajstić information content (AvgIpc) is 2.50. The first kappa shape index (κ1) is 17.6. The largest absolute Gasteiger partial charge is 0.456 e. The van der Waals surface area contributed by atoms with Crippen molar-refractivity contribution in [2.24, 2.45) is 0 Å². The zero-order valence-corrected chi connectivity index (χ0v) is 13.1. The van der Waals surface area contributed by atoms with Crippen molar-refractivity contribution >= 4 is 11.6 Å². The minimum atomic E-state index is -4.45. The third-order valence-corrected chi connectivity index (χ3v) is 3.34. The minimum Gasteiger partial charge on any atom is -0.456 e. The summed E-state index contributed by atoms with van der Waals surface area (Å²) in [5.74, 6) is 0.534. The molecule has 0 bridgehead atoms. The predicted octanol–water partition coefficient (Wildman–Crippen LogP) is 5.44.